The molecule has 2 heterocycles. The molecule has 0 spiro atoms. The Morgan fingerprint density at radius 1 is 1.17 bits per heavy atom. The fraction of sp³-hybridized carbons (Fsp3) is 0.261. The third-order valence-corrected chi connectivity index (χ3v) is 5.62. The third-order valence-electron chi connectivity index (χ3n) is 5.28. The van der Waals surface area contributed by atoms with Gasteiger partial charge in [0.05, 0.1) is 12.0 Å². The van der Waals surface area contributed by atoms with E-state index in [9.17, 15) is 23.2 Å². The van der Waals surface area contributed by atoms with Gasteiger partial charge in [-0.2, -0.15) is 0 Å². The van der Waals surface area contributed by atoms with Crippen LogP contribution in [0.1, 0.15) is 22.9 Å². The molecule has 186 valence electrons. The molecule has 36 heavy (non-hydrogen) atoms. The molecular weight excluding hydrogens is 501 g/mol. The van der Waals surface area contributed by atoms with E-state index < -0.39 is 22.7 Å². The Kier molecular flexibility index (Phi) is 8.93. The zero-order chi connectivity index (χ0) is 25.2. The van der Waals surface area contributed by atoms with Crippen molar-refractivity contribution in [1.29, 1.82) is 0 Å². The van der Waals surface area contributed by atoms with Crippen molar-refractivity contribution in [1.82, 2.24) is 14.5 Å². The van der Waals surface area contributed by atoms with Crippen LogP contribution < -0.4 is 39.0 Å². The summed E-state index contributed by atoms with van der Waals surface area (Å²) in [4.78, 5) is 6.53. The Hall–Kier alpha value is -2.74. The average Bonchev–Trinajstić information content (AvgIpc) is 3.41. The molecule has 13 heteroatoms. The largest absolute Gasteiger partial charge is 1.00 e. The van der Waals surface area contributed by atoms with Crippen molar-refractivity contribution in [3.63, 3.8) is 0 Å². The molecule has 1 aliphatic heterocycles. The first-order valence-electron chi connectivity index (χ1n) is 10.6. The van der Waals surface area contributed by atoms with Gasteiger partial charge in [0, 0.05) is 19.2 Å². The Labute approximate surface area is 230 Å². The monoisotopic (exact) mass is 525 g/mol. The van der Waals surface area contributed by atoms with Gasteiger partial charge in [0.1, 0.15) is 12.3 Å². The van der Waals surface area contributed by atoms with Crippen LogP contribution in [0.3, 0.4) is 0 Å². The number of rotatable bonds is 9. The van der Waals surface area contributed by atoms with Gasteiger partial charge in [-0.3, -0.25) is 0 Å². The molecule has 2 aromatic carbocycles. The first-order valence-corrected chi connectivity index (χ1v) is 11.9. The average molecular weight is 526 g/mol. The van der Waals surface area contributed by atoms with E-state index in [4.69, 9.17) is 9.47 Å². The van der Waals surface area contributed by atoms with Crippen LogP contribution in [0.5, 0.6) is 23.0 Å². The molecular formula is C23H24N3NaO8S. The molecule has 0 saturated carbocycles. The van der Waals surface area contributed by atoms with Crippen LogP contribution in [-0.2, 0) is 21.0 Å². The van der Waals surface area contributed by atoms with Gasteiger partial charge < -0.3 is 37.9 Å². The molecule has 2 unspecified atom stereocenters. The first kappa shape index (κ1) is 27.8. The number of phenols is 2. The van der Waals surface area contributed by atoms with E-state index in [1.54, 1.807) is 30.6 Å². The van der Waals surface area contributed by atoms with E-state index in [2.05, 4.69) is 14.1 Å². The first-order chi connectivity index (χ1) is 16.6. The quantitative estimate of drug-likeness (QED) is 0.120. The van der Waals surface area contributed by atoms with Crippen LogP contribution in [-0.4, -0.2) is 64.6 Å². The zero-order valence-corrected chi connectivity index (χ0v) is 22.8. The molecule has 1 aromatic heterocycles. The Morgan fingerprint density at radius 3 is 2.61 bits per heavy atom. The van der Waals surface area contributed by atoms with Gasteiger partial charge in [-0.25, -0.2) is 13.4 Å². The molecule has 0 fully saturated rings. The number of imidazole rings is 1. The summed E-state index contributed by atoms with van der Waals surface area (Å²) in [5, 5.41) is 19.9. The van der Waals surface area contributed by atoms with Crippen LogP contribution in [0.4, 0.5) is 0 Å². The Bertz CT molecular complexity index is 1340. The van der Waals surface area contributed by atoms with Gasteiger partial charge >= 0.3 is 29.6 Å². The molecule has 1 aliphatic rings. The van der Waals surface area contributed by atoms with Crippen LogP contribution in [0, 0.1) is 0 Å². The standard InChI is InChI=1S/C23H25N3O8S.Na/c1-25(2)9-7-17-13-26(14-24-17)22(16-4-5-18(27)19(28)12-16)23-33-20-6-3-15(11-21(20)34-23)8-10-32-35(29,30)31;/h3-6,8,10-14,22-23,27-28H,7,9H2,1-2H3,(H,29,30,31);/q;+1/p-1/b10-8-;. The minimum Gasteiger partial charge on any atom is -0.716 e. The summed E-state index contributed by atoms with van der Waals surface area (Å²) in [6.07, 6.45) is 5.50. The number of aromatic nitrogens is 2. The maximum Gasteiger partial charge on any atom is 1.00 e. The number of fused-ring (bicyclic) bond motifs is 1. The molecule has 0 saturated heterocycles. The number of likely N-dealkylation sites (N-methyl/N-ethyl adjacent to an activating group) is 1. The number of ether oxygens (including phenoxy) is 2. The van der Waals surface area contributed by atoms with Gasteiger partial charge in [0.25, 0.3) is 16.7 Å². The normalized spacial score (nSPS) is 15.7. The minimum absolute atomic E-state index is 0. The molecule has 0 amide bonds. The molecule has 4 rings (SSSR count). The summed E-state index contributed by atoms with van der Waals surface area (Å²) in [6, 6.07) is 8.80. The Morgan fingerprint density at radius 2 is 1.92 bits per heavy atom. The molecule has 3 aromatic rings. The minimum atomic E-state index is -4.84. The summed E-state index contributed by atoms with van der Waals surface area (Å²) in [6.45, 7) is 0.817. The predicted molar refractivity (Wildman–Crippen MR) is 124 cm³/mol. The molecule has 0 aliphatic carbocycles. The second-order valence-electron chi connectivity index (χ2n) is 8.18. The second-order valence-corrected chi connectivity index (χ2v) is 9.18. The van der Waals surface area contributed by atoms with Gasteiger partial charge in [0.15, 0.2) is 23.0 Å². The topological polar surface area (TPSA) is 146 Å². The van der Waals surface area contributed by atoms with E-state index in [1.807, 2.05) is 24.9 Å². The molecule has 2 atom stereocenters. The summed E-state index contributed by atoms with van der Waals surface area (Å²) in [5.74, 6) is 0.310. The van der Waals surface area contributed by atoms with Crippen molar-refractivity contribution < 1.29 is 66.4 Å². The van der Waals surface area contributed by atoms with Crippen LogP contribution in [0.15, 0.2) is 55.2 Å². The molecule has 0 radical (unpaired) electrons. The summed E-state index contributed by atoms with van der Waals surface area (Å²) >= 11 is 0. The van der Waals surface area contributed by atoms with Gasteiger partial charge in [-0.05, 0) is 55.6 Å². The van der Waals surface area contributed by atoms with E-state index in [-0.39, 0.29) is 41.1 Å². The van der Waals surface area contributed by atoms with Crippen molar-refractivity contribution in [2.45, 2.75) is 18.8 Å². The molecule has 2 N–H and O–H groups in total. The van der Waals surface area contributed by atoms with Gasteiger partial charge in [-0.1, -0.05) is 12.1 Å². The summed E-state index contributed by atoms with van der Waals surface area (Å²) < 4.78 is 49.8. The van der Waals surface area contributed by atoms with Crippen molar-refractivity contribution in [3.05, 3.63) is 72.0 Å². The van der Waals surface area contributed by atoms with Crippen LogP contribution >= 0.6 is 0 Å². The van der Waals surface area contributed by atoms with E-state index in [1.165, 1.54) is 18.2 Å². The number of benzene rings is 2. The second kappa shape index (κ2) is 11.5. The van der Waals surface area contributed by atoms with Gasteiger partial charge in [-0.15, -0.1) is 0 Å². The fourth-order valence-corrected chi connectivity index (χ4v) is 3.78. The van der Waals surface area contributed by atoms with Crippen LogP contribution in [0.2, 0.25) is 0 Å². The SMILES string of the molecule is CN(C)CCc1cn(C(c2ccc(O)c(O)c2)C2Oc3ccc(/C=C\OS(=O)(=O)[O-])cc3O2)cn1.[Na+]. The number of hydrogen-bond acceptors (Lipinski definition) is 10. The van der Waals surface area contributed by atoms with Crippen molar-refractivity contribution >= 4 is 16.5 Å². The fourth-order valence-electron chi connectivity index (χ4n) is 3.59. The maximum absolute atomic E-state index is 10.6. The smallest absolute Gasteiger partial charge is 0.716 e. The van der Waals surface area contributed by atoms with Crippen molar-refractivity contribution in [3.8, 4) is 23.0 Å². The number of phenolic OH excluding ortho intramolecular Hbond substituents is 2. The predicted octanol–water partition coefficient (Wildman–Crippen LogP) is -0.763. The maximum atomic E-state index is 10.6. The summed E-state index contributed by atoms with van der Waals surface area (Å²) in [5.41, 5.74) is 2.00. The summed E-state index contributed by atoms with van der Waals surface area (Å²) in [7, 11) is -0.887. The van der Waals surface area contributed by atoms with E-state index in [0.717, 1.165) is 24.9 Å². The Balaban J connectivity index is 0.00000361. The van der Waals surface area contributed by atoms with Crippen LogP contribution in [0.25, 0.3) is 6.08 Å². The number of hydrogen-bond donors (Lipinski definition) is 2. The van der Waals surface area contributed by atoms with Crippen molar-refractivity contribution in [2.75, 3.05) is 20.6 Å². The van der Waals surface area contributed by atoms with E-state index >= 15 is 0 Å². The number of nitrogens with zero attached hydrogens (tertiary/aromatic N) is 3. The zero-order valence-electron chi connectivity index (χ0n) is 19.9. The van der Waals surface area contributed by atoms with E-state index in [0.29, 0.717) is 22.6 Å². The van der Waals surface area contributed by atoms with Crippen molar-refractivity contribution in [2.24, 2.45) is 0 Å². The van der Waals surface area contributed by atoms with Gasteiger partial charge in [0.2, 0.25) is 0 Å². The number of aromatic hydroxyl groups is 2. The molecule has 11 nitrogen and oxygen atoms in total. The third kappa shape index (κ3) is 6.93. The molecule has 0 bridgehead atoms.